The van der Waals surface area contributed by atoms with Crippen LogP contribution in [0.4, 0.5) is 0 Å². The van der Waals surface area contributed by atoms with E-state index >= 15 is 0 Å². The number of fused-ring (bicyclic) bond motifs is 2. The van der Waals surface area contributed by atoms with E-state index in [9.17, 15) is 18.3 Å². The highest BCUT2D eigenvalue weighted by Gasteiger charge is 2.42. The molecule has 5 rings (SSSR count). The molecule has 0 radical (unpaired) electrons. The van der Waals surface area contributed by atoms with Crippen molar-refractivity contribution in [2.45, 2.75) is 67.8 Å². The number of piperidine rings is 1. The van der Waals surface area contributed by atoms with Crippen LogP contribution in [0.3, 0.4) is 0 Å². The minimum Gasteiger partial charge on any atom is -0.393 e. The summed E-state index contributed by atoms with van der Waals surface area (Å²) in [6.45, 7) is 3.40. The lowest BCUT2D eigenvalue weighted by Gasteiger charge is -2.43. The summed E-state index contributed by atoms with van der Waals surface area (Å²) in [5, 5.41) is 20.1. The van der Waals surface area contributed by atoms with E-state index in [2.05, 4.69) is 20.7 Å². The first-order valence-corrected chi connectivity index (χ1v) is 14.0. The Morgan fingerprint density at radius 3 is 2.74 bits per heavy atom. The van der Waals surface area contributed by atoms with Crippen molar-refractivity contribution in [3.8, 4) is 0 Å². The van der Waals surface area contributed by atoms with E-state index in [-0.39, 0.29) is 34.7 Å². The molecule has 3 aliphatic heterocycles. The highest BCUT2D eigenvalue weighted by atomic mass is 32.2. The zero-order chi connectivity index (χ0) is 23.7. The van der Waals surface area contributed by atoms with Crippen LogP contribution < -0.4 is 20.7 Å². The third-order valence-corrected chi connectivity index (χ3v) is 9.63. The summed E-state index contributed by atoms with van der Waals surface area (Å²) in [6, 6.07) is 6.75. The first kappa shape index (κ1) is 24.1. The molecule has 5 N–H and O–H groups in total. The smallest absolute Gasteiger partial charge is 0.240 e. The Balaban J connectivity index is 1.15. The Labute approximate surface area is 201 Å². The summed E-state index contributed by atoms with van der Waals surface area (Å²) >= 11 is 0. The van der Waals surface area contributed by atoms with Crippen molar-refractivity contribution in [3.05, 3.63) is 29.8 Å². The van der Waals surface area contributed by atoms with E-state index in [1.165, 1.54) is 0 Å². The average molecular weight is 493 g/mol. The van der Waals surface area contributed by atoms with Crippen molar-refractivity contribution in [3.63, 3.8) is 0 Å². The molecule has 1 aromatic rings. The van der Waals surface area contributed by atoms with Crippen LogP contribution in [-0.4, -0.2) is 70.0 Å². The molecular weight excluding hydrogens is 456 g/mol. The number of rotatable bonds is 6. The van der Waals surface area contributed by atoms with Crippen LogP contribution in [0.25, 0.3) is 0 Å². The van der Waals surface area contributed by atoms with Gasteiger partial charge in [-0.25, -0.2) is 13.1 Å². The molecule has 188 valence electrons. The second-order valence-corrected chi connectivity index (χ2v) is 12.0. The second-order valence-electron chi connectivity index (χ2n) is 10.2. The quantitative estimate of drug-likeness (QED) is 0.381. The highest BCUT2D eigenvalue weighted by molar-refractivity contribution is 7.89. The van der Waals surface area contributed by atoms with Gasteiger partial charge in [0.25, 0.3) is 0 Å². The van der Waals surface area contributed by atoms with E-state index in [1.807, 2.05) is 0 Å². The van der Waals surface area contributed by atoms with Gasteiger partial charge < -0.3 is 25.8 Å². The van der Waals surface area contributed by atoms with Gasteiger partial charge >= 0.3 is 0 Å². The second kappa shape index (κ2) is 10.2. The van der Waals surface area contributed by atoms with E-state index in [0.717, 1.165) is 37.9 Å². The van der Waals surface area contributed by atoms with Gasteiger partial charge in [0.2, 0.25) is 15.9 Å². The van der Waals surface area contributed by atoms with Gasteiger partial charge in [0, 0.05) is 31.2 Å². The third kappa shape index (κ3) is 5.17. The normalized spacial score (nSPS) is 35.9. The van der Waals surface area contributed by atoms with Gasteiger partial charge in [-0.05, 0) is 74.7 Å². The van der Waals surface area contributed by atoms with Crippen molar-refractivity contribution in [1.82, 2.24) is 20.7 Å². The monoisotopic (exact) mass is 492 g/mol. The van der Waals surface area contributed by atoms with Gasteiger partial charge in [0.15, 0.2) is 0 Å². The number of carbonyl (C=O) groups excluding carboxylic acids is 1. The minimum absolute atomic E-state index is 0.00161. The predicted molar refractivity (Wildman–Crippen MR) is 126 cm³/mol. The van der Waals surface area contributed by atoms with E-state index in [4.69, 9.17) is 4.74 Å². The molecule has 1 saturated carbocycles. The fourth-order valence-electron chi connectivity index (χ4n) is 6.17. The summed E-state index contributed by atoms with van der Waals surface area (Å²) in [4.78, 5) is 12.8. The molecule has 4 aliphatic rings. The van der Waals surface area contributed by atoms with Crippen LogP contribution in [0.1, 0.15) is 37.7 Å². The van der Waals surface area contributed by atoms with Crippen LogP contribution in [0, 0.1) is 17.8 Å². The lowest BCUT2D eigenvalue weighted by atomic mass is 9.72. The van der Waals surface area contributed by atoms with Crippen molar-refractivity contribution < 1.29 is 23.1 Å². The number of hydrogen-bond donors (Lipinski definition) is 5. The minimum atomic E-state index is -3.68. The van der Waals surface area contributed by atoms with Gasteiger partial charge in [0.1, 0.15) is 0 Å². The van der Waals surface area contributed by atoms with Gasteiger partial charge in [-0.15, -0.1) is 0 Å². The molecule has 7 atom stereocenters. The van der Waals surface area contributed by atoms with Crippen molar-refractivity contribution >= 4 is 15.9 Å². The van der Waals surface area contributed by atoms with Crippen molar-refractivity contribution in [2.24, 2.45) is 17.8 Å². The number of sulfonamides is 1. The first-order chi connectivity index (χ1) is 16.4. The van der Waals surface area contributed by atoms with Crippen LogP contribution in [-0.2, 0) is 26.1 Å². The molecule has 0 aromatic heterocycles. The maximum Gasteiger partial charge on any atom is 0.240 e. The van der Waals surface area contributed by atoms with Gasteiger partial charge in [-0.3, -0.25) is 4.79 Å². The summed E-state index contributed by atoms with van der Waals surface area (Å²) in [5.74, 6) is 0.574. The highest BCUT2D eigenvalue weighted by Crippen LogP contribution is 2.36. The standard InChI is InChI=1S/C24H36N4O5S/c29-23-6-5-21(18-8-10-33-14-19(18)23)28-34(31,32)17-3-1-15(2-4-17)12-26-24(30)22-11-16-13-25-9-7-20(16)27-22/h1-4,16,18-23,25,27-29H,5-14H2,(H,26,30). The molecule has 10 heteroatoms. The number of hydrogen-bond acceptors (Lipinski definition) is 7. The van der Waals surface area contributed by atoms with E-state index in [0.29, 0.717) is 44.6 Å². The zero-order valence-corrected chi connectivity index (χ0v) is 20.2. The fourth-order valence-corrected chi connectivity index (χ4v) is 7.49. The fraction of sp³-hybridized carbons (Fsp3) is 0.708. The number of amides is 1. The number of nitrogens with one attached hydrogen (secondary N) is 4. The van der Waals surface area contributed by atoms with Gasteiger partial charge in [-0.2, -0.15) is 0 Å². The number of aliphatic hydroxyl groups excluding tert-OH is 1. The van der Waals surface area contributed by atoms with E-state index in [1.54, 1.807) is 24.3 Å². The lowest BCUT2D eigenvalue weighted by Crippen LogP contribution is -2.52. The molecule has 34 heavy (non-hydrogen) atoms. The molecule has 9 nitrogen and oxygen atoms in total. The van der Waals surface area contributed by atoms with Crippen LogP contribution >= 0.6 is 0 Å². The first-order valence-electron chi connectivity index (χ1n) is 12.5. The van der Waals surface area contributed by atoms with Gasteiger partial charge in [0.05, 0.1) is 23.6 Å². The Morgan fingerprint density at radius 2 is 1.94 bits per heavy atom. The van der Waals surface area contributed by atoms with Crippen molar-refractivity contribution in [2.75, 3.05) is 26.3 Å². The lowest BCUT2D eigenvalue weighted by molar-refractivity contribution is -0.123. The van der Waals surface area contributed by atoms with Gasteiger partial charge in [-0.1, -0.05) is 12.1 Å². The number of aliphatic hydroxyl groups is 1. The molecular formula is C24H36N4O5S. The van der Waals surface area contributed by atoms with Crippen molar-refractivity contribution in [1.29, 1.82) is 0 Å². The Morgan fingerprint density at radius 1 is 1.12 bits per heavy atom. The molecule has 3 heterocycles. The van der Waals surface area contributed by atoms with Crippen LogP contribution in [0.5, 0.6) is 0 Å². The largest absolute Gasteiger partial charge is 0.393 e. The summed E-state index contributed by atoms with van der Waals surface area (Å²) in [7, 11) is -3.68. The number of ether oxygens (including phenoxy) is 1. The topological polar surface area (TPSA) is 129 Å². The number of carbonyl (C=O) groups is 1. The van der Waals surface area contributed by atoms with E-state index < -0.39 is 16.1 Å². The molecule has 7 unspecified atom stereocenters. The SMILES string of the molecule is O=C(NCc1ccc(S(=O)(=O)NC2CCC(O)C3COCCC23)cc1)C1CC2CNCCC2N1. The molecule has 3 saturated heterocycles. The zero-order valence-electron chi connectivity index (χ0n) is 19.4. The van der Waals surface area contributed by atoms with Crippen LogP contribution in [0.15, 0.2) is 29.2 Å². The Hall–Kier alpha value is -1.56. The summed E-state index contributed by atoms with van der Waals surface area (Å²) in [6.07, 6.45) is 3.42. The average Bonchev–Trinajstić information content (AvgIpc) is 3.29. The predicted octanol–water partition coefficient (Wildman–Crippen LogP) is 0.0971. The molecule has 1 aromatic carbocycles. The summed E-state index contributed by atoms with van der Waals surface area (Å²) in [5.41, 5.74) is 0.856. The number of benzene rings is 1. The molecule has 0 spiro atoms. The van der Waals surface area contributed by atoms with Crippen LogP contribution in [0.2, 0.25) is 0 Å². The molecule has 1 aliphatic carbocycles. The molecule has 1 amide bonds. The third-order valence-electron chi connectivity index (χ3n) is 8.13. The Bertz CT molecular complexity index is 958. The maximum atomic E-state index is 13.0. The molecule has 4 fully saturated rings. The molecule has 0 bridgehead atoms. The Kier molecular flexibility index (Phi) is 7.25. The summed E-state index contributed by atoms with van der Waals surface area (Å²) < 4.78 is 34.5. The maximum absolute atomic E-state index is 13.0.